The van der Waals surface area contributed by atoms with E-state index in [0.717, 1.165) is 81.7 Å². The lowest BCUT2D eigenvalue weighted by molar-refractivity contribution is -0.177. The van der Waals surface area contributed by atoms with E-state index >= 15 is 0 Å². The maximum atomic E-state index is 14.6. The van der Waals surface area contributed by atoms with Crippen LogP contribution in [0.3, 0.4) is 0 Å². The third-order valence-corrected chi connectivity index (χ3v) is 16.5. The van der Waals surface area contributed by atoms with Gasteiger partial charge in [0.15, 0.2) is 0 Å². The minimum atomic E-state index is -0.758. The molecular formula is C39H57N3O6S. The van der Waals surface area contributed by atoms with Crippen molar-refractivity contribution in [2.45, 2.75) is 124 Å². The molecule has 0 spiro atoms. The van der Waals surface area contributed by atoms with E-state index in [0.29, 0.717) is 44.0 Å². The first-order chi connectivity index (χ1) is 23.0. The number of amides is 3. The second-order valence-electron chi connectivity index (χ2n) is 18.6. The van der Waals surface area contributed by atoms with E-state index < -0.39 is 22.4 Å². The van der Waals surface area contributed by atoms with E-state index in [1.54, 1.807) is 5.57 Å². The molecule has 0 aromatic heterocycles. The van der Waals surface area contributed by atoms with Gasteiger partial charge in [0.2, 0.25) is 11.8 Å². The first kappa shape index (κ1) is 35.2. The number of allylic oxidation sites excluding steroid dienone is 2. The fourth-order valence-electron chi connectivity index (χ4n) is 12.5. The van der Waals surface area contributed by atoms with Crippen LogP contribution in [0.2, 0.25) is 0 Å². The number of nitrogens with one attached hydrogen (secondary N) is 1. The predicted octanol–water partition coefficient (Wildman–Crippen LogP) is 7.29. The number of thioether (sulfide) groups is 1. The van der Waals surface area contributed by atoms with Crippen molar-refractivity contribution >= 4 is 40.5 Å². The van der Waals surface area contributed by atoms with Crippen molar-refractivity contribution in [3.63, 3.8) is 0 Å². The second-order valence-corrected chi connectivity index (χ2v) is 19.8. The number of nitrogens with zero attached hydrogens (tertiary/aromatic N) is 2. The van der Waals surface area contributed by atoms with Crippen LogP contribution in [0.4, 0.5) is 4.79 Å². The summed E-state index contributed by atoms with van der Waals surface area (Å²) in [6.45, 7) is 19.8. The first-order valence-electron chi connectivity index (χ1n) is 18.8. The minimum absolute atomic E-state index is 0.0384. The number of oxime groups is 1. The van der Waals surface area contributed by atoms with Gasteiger partial charge in [-0.05, 0) is 104 Å². The standard InChI is InChI=1S/C39H57N3O6S/c1-34(2)14-16-39(32(45)42-18-20-47-21-19-42)17-15-37(6)24(25(39)23-34)8-9-28-36(5)12-11-29(35(3,4)27(36)10-13-38(28,37)7)41-48-30(43)22-26-31(44)40-33(46)49-26/h8,25-28H,9-23H2,1-7H3,(H,40,44,46)/b41-29+/t25?,26?,27?,28?,36-,37+,38+,39-/m0/s1. The van der Waals surface area contributed by atoms with Crippen LogP contribution in [-0.4, -0.2) is 65.2 Å². The maximum absolute atomic E-state index is 14.6. The Morgan fingerprint density at radius 1 is 0.980 bits per heavy atom. The molecule has 2 saturated heterocycles. The smallest absolute Gasteiger partial charge is 0.336 e. The average molecular weight is 696 g/mol. The van der Waals surface area contributed by atoms with Gasteiger partial charge in [0, 0.05) is 18.5 Å². The molecule has 2 heterocycles. The van der Waals surface area contributed by atoms with Gasteiger partial charge in [-0.15, -0.1) is 0 Å². The summed E-state index contributed by atoms with van der Waals surface area (Å²) >= 11 is 0.832. The number of fused-ring (bicyclic) bond motifs is 7. The zero-order valence-electron chi connectivity index (χ0n) is 30.7. The molecule has 7 rings (SSSR count). The van der Waals surface area contributed by atoms with Gasteiger partial charge in [-0.25, -0.2) is 4.79 Å². The van der Waals surface area contributed by atoms with Gasteiger partial charge < -0.3 is 14.5 Å². The summed E-state index contributed by atoms with van der Waals surface area (Å²) in [5.41, 5.74) is 2.41. The molecule has 270 valence electrons. The number of imide groups is 1. The molecule has 3 amide bonds. The normalized spacial score (nSPS) is 43.4. The van der Waals surface area contributed by atoms with Crippen molar-refractivity contribution in [1.29, 1.82) is 0 Å². The summed E-state index contributed by atoms with van der Waals surface area (Å²) in [6, 6.07) is 0. The summed E-state index contributed by atoms with van der Waals surface area (Å²) in [7, 11) is 0. The molecule has 0 radical (unpaired) electrons. The molecule has 4 saturated carbocycles. The summed E-state index contributed by atoms with van der Waals surface area (Å²) in [5.74, 6) is 0.538. The Bertz CT molecular complexity index is 1500. The molecule has 49 heavy (non-hydrogen) atoms. The predicted molar refractivity (Wildman–Crippen MR) is 189 cm³/mol. The van der Waals surface area contributed by atoms with Crippen molar-refractivity contribution < 1.29 is 28.8 Å². The summed E-state index contributed by atoms with van der Waals surface area (Å²) in [5, 5.41) is 5.49. The van der Waals surface area contributed by atoms with Crippen molar-refractivity contribution in [3.8, 4) is 0 Å². The lowest BCUT2D eigenvalue weighted by Crippen LogP contribution is -2.65. The monoisotopic (exact) mass is 695 g/mol. The molecule has 6 fully saturated rings. The molecule has 2 aliphatic heterocycles. The average Bonchev–Trinajstić information content (AvgIpc) is 3.36. The van der Waals surface area contributed by atoms with Crippen LogP contribution in [0, 0.1) is 50.2 Å². The fraction of sp³-hybridized carbons (Fsp3) is 0.821. The molecule has 4 unspecified atom stereocenters. The topological polar surface area (TPSA) is 114 Å². The van der Waals surface area contributed by atoms with E-state index in [4.69, 9.17) is 9.57 Å². The van der Waals surface area contributed by atoms with Crippen LogP contribution in [-0.2, 0) is 24.0 Å². The van der Waals surface area contributed by atoms with Gasteiger partial charge in [-0.3, -0.25) is 19.7 Å². The fourth-order valence-corrected chi connectivity index (χ4v) is 13.3. The molecule has 1 N–H and O–H groups in total. The summed E-state index contributed by atoms with van der Waals surface area (Å²) in [6.07, 6.45) is 12.7. The van der Waals surface area contributed by atoms with Crippen molar-refractivity contribution in [2.24, 2.45) is 55.4 Å². The Labute approximate surface area is 296 Å². The van der Waals surface area contributed by atoms with E-state index in [9.17, 15) is 19.2 Å². The van der Waals surface area contributed by atoms with Gasteiger partial charge in [0.05, 0.1) is 30.8 Å². The quantitative estimate of drug-likeness (QED) is 0.187. The highest BCUT2D eigenvalue weighted by molar-refractivity contribution is 8.15. The molecule has 0 aromatic rings. The number of carbonyl (C=O) groups is 4. The molecule has 0 aromatic carbocycles. The highest BCUT2D eigenvalue weighted by Gasteiger charge is 2.69. The Hall–Kier alpha value is -2.20. The van der Waals surface area contributed by atoms with Crippen molar-refractivity contribution in [1.82, 2.24) is 10.2 Å². The van der Waals surface area contributed by atoms with Gasteiger partial charge in [-0.1, -0.05) is 77.0 Å². The molecule has 8 atom stereocenters. The van der Waals surface area contributed by atoms with Crippen molar-refractivity contribution in [2.75, 3.05) is 26.3 Å². The van der Waals surface area contributed by atoms with Crippen LogP contribution in [0.5, 0.6) is 0 Å². The highest BCUT2D eigenvalue weighted by Crippen LogP contribution is 2.75. The zero-order valence-corrected chi connectivity index (χ0v) is 31.6. The Balaban J connectivity index is 1.15. The third kappa shape index (κ3) is 5.38. The largest absolute Gasteiger partial charge is 0.378 e. The lowest BCUT2D eigenvalue weighted by Gasteiger charge is -2.71. The van der Waals surface area contributed by atoms with Gasteiger partial charge in [-0.2, -0.15) is 0 Å². The van der Waals surface area contributed by atoms with E-state index in [1.165, 1.54) is 0 Å². The lowest BCUT2D eigenvalue weighted by atomic mass is 9.33. The second kappa shape index (κ2) is 11.9. The molecule has 5 aliphatic carbocycles. The maximum Gasteiger partial charge on any atom is 0.336 e. The van der Waals surface area contributed by atoms with Crippen LogP contribution in [0.15, 0.2) is 16.8 Å². The van der Waals surface area contributed by atoms with E-state index in [-0.39, 0.29) is 44.8 Å². The van der Waals surface area contributed by atoms with E-state index in [1.807, 2.05) is 0 Å². The van der Waals surface area contributed by atoms with Crippen LogP contribution >= 0.6 is 11.8 Å². The van der Waals surface area contributed by atoms with Crippen LogP contribution in [0.25, 0.3) is 0 Å². The van der Waals surface area contributed by atoms with Gasteiger partial charge in [0.1, 0.15) is 5.25 Å². The molecule has 7 aliphatic rings. The third-order valence-electron chi connectivity index (χ3n) is 15.5. The summed E-state index contributed by atoms with van der Waals surface area (Å²) < 4.78 is 5.65. The number of morpholine rings is 1. The Morgan fingerprint density at radius 2 is 1.69 bits per heavy atom. The molecule has 9 nitrogen and oxygen atoms in total. The number of rotatable bonds is 4. The Morgan fingerprint density at radius 3 is 2.39 bits per heavy atom. The SMILES string of the molecule is CC1(C)CC[C@]2(C(=O)N3CCOCC3)CC[C@]3(C)C(=CCC4[C@@]5(C)CC/C(=N\OC(=O)CC6SC(=O)NC6=O)C(C)(C)C5CC[C@]43C)C2C1. The Kier molecular flexibility index (Phi) is 8.57. The first-order valence-corrected chi connectivity index (χ1v) is 19.7. The number of ether oxygens (including phenoxy) is 1. The van der Waals surface area contributed by atoms with Crippen molar-refractivity contribution in [3.05, 3.63) is 11.6 Å². The summed E-state index contributed by atoms with van der Waals surface area (Å²) in [4.78, 5) is 58.3. The molecular weight excluding hydrogens is 639 g/mol. The van der Waals surface area contributed by atoms with E-state index in [2.05, 4.69) is 69.9 Å². The van der Waals surface area contributed by atoms with Crippen LogP contribution in [0.1, 0.15) is 119 Å². The van der Waals surface area contributed by atoms with Crippen LogP contribution < -0.4 is 5.32 Å². The zero-order chi connectivity index (χ0) is 35.2. The number of hydrogen-bond acceptors (Lipinski definition) is 8. The highest BCUT2D eigenvalue weighted by atomic mass is 32.2. The number of carbonyl (C=O) groups excluding carboxylic acids is 4. The van der Waals surface area contributed by atoms with Gasteiger partial charge >= 0.3 is 5.97 Å². The molecule has 0 bridgehead atoms. The number of hydrogen-bond donors (Lipinski definition) is 1. The minimum Gasteiger partial charge on any atom is -0.378 e. The molecule has 10 heteroatoms. The van der Waals surface area contributed by atoms with Gasteiger partial charge in [0.25, 0.3) is 5.24 Å².